The minimum Gasteiger partial charge on any atom is -0.313 e. The Labute approximate surface area is 135 Å². The van der Waals surface area contributed by atoms with Crippen LogP contribution >= 0.6 is 23.2 Å². The molecule has 0 saturated carbocycles. The number of aryl methyl sites for hydroxylation is 2. The van der Waals surface area contributed by atoms with Crippen molar-refractivity contribution in [1.29, 1.82) is 0 Å². The summed E-state index contributed by atoms with van der Waals surface area (Å²) in [6.07, 6.45) is 0.543. The maximum atomic E-state index is 6.21. The predicted molar refractivity (Wildman–Crippen MR) is 88.2 cm³/mol. The number of hydrogen-bond acceptors (Lipinski definition) is 3. The smallest absolute Gasteiger partial charge is 0.133 e. The highest BCUT2D eigenvalue weighted by atomic mass is 35.5. The first-order valence-electron chi connectivity index (χ1n) is 6.99. The average Bonchev–Trinajstić information content (AvgIpc) is 2.42. The van der Waals surface area contributed by atoms with Crippen LogP contribution in [0.25, 0.3) is 0 Å². The molecule has 0 aliphatic carbocycles. The fraction of sp³-hybridized carbons (Fsp3) is 0.375. The number of rotatable bonds is 5. The maximum absolute atomic E-state index is 6.21. The molecule has 21 heavy (non-hydrogen) atoms. The van der Waals surface area contributed by atoms with Gasteiger partial charge in [0.25, 0.3) is 0 Å². The monoisotopic (exact) mass is 323 g/mol. The Bertz CT molecular complexity index is 598. The molecule has 1 aromatic heterocycles. The van der Waals surface area contributed by atoms with Gasteiger partial charge in [-0.15, -0.1) is 0 Å². The SMILES string of the molecule is CCNCc1c(C)nc(Cc2c(Cl)cccc2Cl)nc1C. The second kappa shape index (κ2) is 7.21. The molecule has 1 aromatic carbocycles. The van der Waals surface area contributed by atoms with Crippen molar-refractivity contribution in [3.8, 4) is 0 Å². The molecular weight excluding hydrogens is 305 g/mol. The number of halogens is 2. The van der Waals surface area contributed by atoms with Gasteiger partial charge < -0.3 is 5.32 Å². The number of nitrogens with zero attached hydrogens (tertiary/aromatic N) is 2. The predicted octanol–water partition coefficient (Wildman–Crippen LogP) is 4.10. The van der Waals surface area contributed by atoms with Crippen LogP contribution in [0.1, 0.15) is 35.3 Å². The van der Waals surface area contributed by atoms with Gasteiger partial charge in [0.15, 0.2) is 0 Å². The Balaban J connectivity index is 2.30. The highest BCUT2D eigenvalue weighted by Crippen LogP contribution is 2.26. The third kappa shape index (κ3) is 3.94. The van der Waals surface area contributed by atoms with Gasteiger partial charge in [-0.05, 0) is 38.1 Å². The van der Waals surface area contributed by atoms with E-state index in [-0.39, 0.29) is 0 Å². The van der Waals surface area contributed by atoms with E-state index < -0.39 is 0 Å². The highest BCUT2D eigenvalue weighted by Gasteiger charge is 2.12. The van der Waals surface area contributed by atoms with Gasteiger partial charge in [0.05, 0.1) is 0 Å². The summed E-state index contributed by atoms with van der Waals surface area (Å²) < 4.78 is 0. The topological polar surface area (TPSA) is 37.8 Å². The largest absolute Gasteiger partial charge is 0.313 e. The number of hydrogen-bond donors (Lipinski definition) is 1. The van der Waals surface area contributed by atoms with E-state index in [0.717, 1.165) is 41.4 Å². The van der Waals surface area contributed by atoms with Gasteiger partial charge in [0, 0.05) is 40.0 Å². The van der Waals surface area contributed by atoms with Crippen LogP contribution in [-0.4, -0.2) is 16.5 Å². The van der Waals surface area contributed by atoms with Gasteiger partial charge in [-0.3, -0.25) is 0 Å². The van der Waals surface area contributed by atoms with Gasteiger partial charge in [-0.2, -0.15) is 0 Å². The Morgan fingerprint density at radius 2 is 1.57 bits per heavy atom. The van der Waals surface area contributed by atoms with E-state index >= 15 is 0 Å². The summed E-state index contributed by atoms with van der Waals surface area (Å²) in [5.41, 5.74) is 4.04. The van der Waals surface area contributed by atoms with E-state index in [0.29, 0.717) is 16.5 Å². The Morgan fingerprint density at radius 3 is 2.10 bits per heavy atom. The summed E-state index contributed by atoms with van der Waals surface area (Å²) in [5.74, 6) is 0.750. The third-order valence-electron chi connectivity index (χ3n) is 3.42. The van der Waals surface area contributed by atoms with Crippen LogP contribution in [0, 0.1) is 13.8 Å². The van der Waals surface area contributed by atoms with Gasteiger partial charge >= 0.3 is 0 Å². The zero-order valence-corrected chi connectivity index (χ0v) is 14.0. The van der Waals surface area contributed by atoms with Crippen molar-refractivity contribution in [2.75, 3.05) is 6.54 Å². The summed E-state index contributed by atoms with van der Waals surface area (Å²) in [4.78, 5) is 9.19. The van der Waals surface area contributed by atoms with Crippen LogP contribution < -0.4 is 5.32 Å². The minimum absolute atomic E-state index is 0.543. The molecule has 1 N–H and O–H groups in total. The Kier molecular flexibility index (Phi) is 5.57. The Hall–Kier alpha value is -1.16. The normalized spacial score (nSPS) is 10.9. The average molecular weight is 324 g/mol. The first-order valence-corrected chi connectivity index (χ1v) is 7.75. The minimum atomic E-state index is 0.543. The molecule has 0 atom stereocenters. The number of benzene rings is 1. The van der Waals surface area contributed by atoms with Crippen LogP contribution in [0.15, 0.2) is 18.2 Å². The third-order valence-corrected chi connectivity index (χ3v) is 4.12. The van der Waals surface area contributed by atoms with Crippen LogP contribution in [-0.2, 0) is 13.0 Å². The second-order valence-electron chi connectivity index (χ2n) is 4.95. The summed E-state index contributed by atoms with van der Waals surface area (Å²) in [6, 6.07) is 5.51. The lowest BCUT2D eigenvalue weighted by Gasteiger charge is -2.12. The van der Waals surface area contributed by atoms with Crippen molar-refractivity contribution in [2.24, 2.45) is 0 Å². The molecule has 5 heteroatoms. The van der Waals surface area contributed by atoms with Crippen molar-refractivity contribution in [3.05, 3.63) is 56.6 Å². The molecule has 2 rings (SSSR count). The van der Waals surface area contributed by atoms with Gasteiger partial charge in [0.1, 0.15) is 5.82 Å². The molecule has 1 heterocycles. The lowest BCUT2D eigenvalue weighted by atomic mass is 10.1. The maximum Gasteiger partial charge on any atom is 0.133 e. The number of aromatic nitrogens is 2. The molecule has 0 unspecified atom stereocenters. The van der Waals surface area contributed by atoms with Crippen molar-refractivity contribution < 1.29 is 0 Å². The van der Waals surface area contributed by atoms with Crippen LogP contribution in [0.5, 0.6) is 0 Å². The second-order valence-corrected chi connectivity index (χ2v) is 5.76. The molecule has 0 saturated heterocycles. The van der Waals surface area contributed by atoms with Crippen molar-refractivity contribution in [1.82, 2.24) is 15.3 Å². The molecule has 0 spiro atoms. The van der Waals surface area contributed by atoms with Gasteiger partial charge in [-0.1, -0.05) is 36.2 Å². The summed E-state index contributed by atoms with van der Waals surface area (Å²) >= 11 is 12.4. The molecule has 112 valence electrons. The summed E-state index contributed by atoms with van der Waals surface area (Å²) in [7, 11) is 0. The van der Waals surface area contributed by atoms with Crippen molar-refractivity contribution >= 4 is 23.2 Å². The first-order chi connectivity index (χ1) is 10.0. The first kappa shape index (κ1) is 16.2. The zero-order valence-electron chi connectivity index (χ0n) is 12.5. The van der Waals surface area contributed by atoms with Crippen molar-refractivity contribution in [2.45, 2.75) is 33.7 Å². The van der Waals surface area contributed by atoms with E-state index in [1.165, 1.54) is 0 Å². The molecular formula is C16H19Cl2N3. The zero-order chi connectivity index (χ0) is 15.4. The van der Waals surface area contributed by atoms with E-state index in [1.807, 2.05) is 32.0 Å². The standard InChI is InChI=1S/C16H19Cl2N3/c1-4-19-9-13-10(2)20-16(21-11(13)3)8-12-14(17)6-5-7-15(12)18/h5-7,19H,4,8-9H2,1-3H3. The van der Waals surface area contributed by atoms with E-state index in [4.69, 9.17) is 23.2 Å². The molecule has 0 fully saturated rings. The molecule has 2 aromatic rings. The highest BCUT2D eigenvalue weighted by molar-refractivity contribution is 6.36. The Morgan fingerprint density at radius 1 is 1.00 bits per heavy atom. The quantitative estimate of drug-likeness (QED) is 0.900. The molecule has 3 nitrogen and oxygen atoms in total. The lowest BCUT2D eigenvalue weighted by molar-refractivity contribution is 0.706. The van der Waals surface area contributed by atoms with Gasteiger partial charge in [0.2, 0.25) is 0 Å². The summed E-state index contributed by atoms with van der Waals surface area (Å²) in [5, 5.41) is 4.61. The fourth-order valence-corrected chi connectivity index (χ4v) is 2.78. The molecule has 0 radical (unpaired) electrons. The van der Waals surface area contributed by atoms with E-state index in [9.17, 15) is 0 Å². The molecule has 0 aliphatic rings. The fourth-order valence-electron chi connectivity index (χ4n) is 2.25. The van der Waals surface area contributed by atoms with E-state index in [1.54, 1.807) is 0 Å². The van der Waals surface area contributed by atoms with E-state index in [2.05, 4.69) is 22.2 Å². The van der Waals surface area contributed by atoms with Crippen LogP contribution in [0.3, 0.4) is 0 Å². The lowest BCUT2D eigenvalue weighted by Crippen LogP contribution is -2.16. The molecule has 0 bridgehead atoms. The molecule has 0 aliphatic heterocycles. The van der Waals surface area contributed by atoms with Gasteiger partial charge in [-0.25, -0.2) is 9.97 Å². The van der Waals surface area contributed by atoms with Crippen molar-refractivity contribution in [3.63, 3.8) is 0 Å². The van der Waals surface area contributed by atoms with Crippen LogP contribution in [0.4, 0.5) is 0 Å². The number of nitrogens with one attached hydrogen (secondary N) is 1. The summed E-state index contributed by atoms with van der Waals surface area (Å²) in [6.45, 7) is 7.83. The van der Waals surface area contributed by atoms with Crippen LogP contribution in [0.2, 0.25) is 10.0 Å². The molecule has 0 amide bonds.